The molecule has 2 rings (SSSR count). The monoisotopic (exact) mass is 337 g/mol. The van der Waals surface area contributed by atoms with Gasteiger partial charge in [-0.05, 0) is 41.9 Å². The van der Waals surface area contributed by atoms with Crippen molar-refractivity contribution in [3.05, 3.63) is 27.7 Å². The van der Waals surface area contributed by atoms with Crippen LogP contribution in [0.3, 0.4) is 0 Å². The summed E-state index contributed by atoms with van der Waals surface area (Å²) in [5.41, 5.74) is 0.252. The summed E-state index contributed by atoms with van der Waals surface area (Å²) in [5, 5.41) is 0.357. The molecule has 1 aromatic carbocycles. The van der Waals surface area contributed by atoms with Gasteiger partial charge in [-0.25, -0.2) is 12.7 Å². The highest BCUT2D eigenvalue weighted by molar-refractivity contribution is 9.10. The van der Waals surface area contributed by atoms with Gasteiger partial charge in [-0.15, -0.1) is 0 Å². The van der Waals surface area contributed by atoms with Gasteiger partial charge < -0.3 is 0 Å². The summed E-state index contributed by atoms with van der Waals surface area (Å²) in [5.74, 6) is -0.458. The van der Waals surface area contributed by atoms with Crippen molar-refractivity contribution < 1.29 is 13.2 Å². The minimum Gasteiger partial charge on any atom is -0.272 e. The number of sulfonamides is 1. The molecular formula is C10H9BrClNO3S. The fourth-order valence-electron chi connectivity index (χ4n) is 1.54. The fraction of sp³-hybridized carbons (Fsp3) is 0.300. The van der Waals surface area contributed by atoms with Crippen molar-refractivity contribution >= 4 is 49.1 Å². The Labute approximate surface area is 113 Å². The van der Waals surface area contributed by atoms with E-state index in [0.29, 0.717) is 9.50 Å². The van der Waals surface area contributed by atoms with Crippen molar-refractivity contribution in [3.63, 3.8) is 0 Å². The number of nitrogens with zero attached hydrogens (tertiary/aromatic N) is 1. The van der Waals surface area contributed by atoms with Crippen molar-refractivity contribution in [3.8, 4) is 0 Å². The van der Waals surface area contributed by atoms with Crippen LogP contribution in [0.25, 0.3) is 0 Å². The lowest BCUT2D eigenvalue weighted by Gasteiger charge is -2.43. The van der Waals surface area contributed by atoms with Gasteiger partial charge in [-0.2, -0.15) is 0 Å². The van der Waals surface area contributed by atoms with Crippen LogP contribution in [0, 0.1) is 0 Å². The van der Waals surface area contributed by atoms with E-state index in [2.05, 4.69) is 15.9 Å². The maximum Gasteiger partial charge on any atom is 0.263 e. The first kappa shape index (κ1) is 12.9. The van der Waals surface area contributed by atoms with Gasteiger partial charge in [0.1, 0.15) is 0 Å². The zero-order chi connectivity index (χ0) is 13.0. The molecule has 0 aromatic heterocycles. The molecule has 4 nitrogen and oxygen atoms in total. The molecule has 7 heteroatoms. The maximum absolute atomic E-state index is 12.0. The number of benzene rings is 1. The van der Waals surface area contributed by atoms with Crippen molar-refractivity contribution in [2.24, 2.45) is 0 Å². The number of hydrogen-bond acceptors (Lipinski definition) is 3. The molecule has 0 unspecified atom stereocenters. The molecule has 92 valence electrons. The Kier molecular flexibility index (Phi) is 2.80. The standard InChI is InChI=1S/C10H9BrClNO3S/c1-10(2)9(14)13(17(10,15)16)7-5-3-4-6(12)8(7)11/h3-5H,1-2H3. The van der Waals surface area contributed by atoms with E-state index in [9.17, 15) is 13.2 Å². The largest absolute Gasteiger partial charge is 0.272 e. The van der Waals surface area contributed by atoms with Gasteiger partial charge in [-0.1, -0.05) is 17.7 Å². The molecule has 17 heavy (non-hydrogen) atoms. The second-order valence-electron chi connectivity index (χ2n) is 4.16. The van der Waals surface area contributed by atoms with E-state index in [-0.39, 0.29) is 5.69 Å². The Balaban J connectivity index is 2.59. The van der Waals surface area contributed by atoms with E-state index in [1.807, 2.05) is 0 Å². The van der Waals surface area contributed by atoms with Gasteiger partial charge in [0.15, 0.2) is 4.75 Å². The number of amides is 1. The third-order valence-corrected chi connectivity index (χ3v) is 6.42. The van der Waals surface area contributed by atoms with E-state index in [0.717, 1.165) is 4.31 Å². The Morgan fingerprint density at radius 1 is 1.35 bits per heavy atom. The highest BCUT2D eigenvalue weighted by atomic mass is 79.9. The Morgan fingerprint density at radius 2 is 1.94 bits per heavy atom. The van der Waals surface area contributed by atoms with E-state index in [4.69, 9.17) is 11.6 Å². The van der Waals surface area contributed by atoms with E-state index in [1.54, 1.807) is 12.1 Å². The van der Waals surface area contributed by atoms with Crippen LogP contribution in [-0.4, -0.2) is 19.1 Å². The van der Waals surface area contributed by atoms with E-state index < -0.39 is 20.7 Å². The molecule has 1 aliphatic heterocycles. The van der Waals surface area contributed by atoms with Crippen LogP contribution < -0.4 is 4.31 Å². The van der Waals surface area contributed by atoms with Gasteiger partial charge in [-0.3, -0.25) is 4.79 Å². The molecule has 1 aromatic rings. The summed E-state index contributed by atoms with van der Waals surface area (Å²) in [6, 6.07) is 4.73. The third kappa shape index (κ3) is 1.54. The number of carbonyl (C=O) groups excluding carboxylic acids is 1. The van der Waals surface area contributed by atoms with Crippen molar-refractivity contribution in [2.75, 3.05) is 4.31 Å². The predicted octanol–water partition coefficient (Wildman–Crippen LogP) is 2.56. The molecule has 1 amide bonds. The first-order chi connectivity index (χ1) is 7.71. The highest BCUT2D eigenvalue weighted by Gasteiger charge is 2.61. The third-order valence-electron chi connectivity index (χ3n) is 2.73. The van der Waals surface area contributed by atoms with Gasteiger partial charge in [0.25, 0.3) is 15.9 Å². The molecule has 0 aliphatic carbocycles. The smallest absolute Gasteiger partial charge is 0.263 e. The molecule has 1 heterocycles. The van der Waals surface area contributed by atoms with Crippen LogP contribution >= 0.6 is 27.5 Å². The van der Waals surface area contributed by atoms with Crippen molar-refractivity contribution in [2.45, 2.75) is 18.6 Å². The first-order valence-electron chi connectivity index (χ1n) is 4.74. The summed E-state index contributed by atoms with van der Waals surface area (Å²) in [4.78, 5) is 11.8. The molecule has 0 saturated carbocycles. The zero-order valence-corrected chi connectivity index (χ0v) is 12.2. The van der Waals surface area contributed by atoms with Crippen LogP contribution in [0.4, 0.5) is 5.69 Å². The second-order valence-corrected chi connectivity index (χ2v) is 7.69. The van der Waals surface area contributed by atoms with E-state index in [1.165, 1.54) is 19.9 Å². The summed E-state index contributed by atoms with van der Waals surface area (Å²) in [7, 11) is -3.65. The van der Waals surface area contributed by atoms with Crippen LogP contribution in [0.15, 0.2) is 22.7 Å². The van der Waals surface area contributed by atoms with E-state index >= 15 is 0 Å². The van der Waals surface area contributed by atoms with Crippen LogP contribution in [-0.2, 0) is 14.8 Å². The molecule has 1 fully saturated rings. The Hall–Kier alpha value is -0.590. The van der Waals surface area contributed by atoms with Gasteiger partial charge in [0.2, 0.25) is 0 Å². The second kappa shape index (κ2) is 3.70. The highest BCUT2D eigenvalue weighted by Crippen LogP contribution is 2.43. The van der Waals surface area contributed by atoms with Crippen molar-refractivity contribution in [1.82, 2.24) is 0 Å². The summed E-state index contributed by atoms with van der Waals surface area (Å²) in [6.07, 6.45) is 0. The quantitative estimate of drug-likeness (QED) is 0.791. The normalized spacial score (nSPS) is 21.2. The number of halogens is 2. The Bertz CT molecular complexity index is 612. The van der Waals surface area contributed by atoms with Gasteiger partial charge in [0.05, 0.1) is 15.2 Å². The molecule has 0 spiro atoms. The molecule has 0 atom stereocenters. The average Bonchev–Trinajstić information content (AvgIpc) is 2.24. The lowest BCUT2D eigenvalue weighted by Crippen LogP contribution is -2.67. The number of anilines is 1. The van der Waals surface area contributed by atoms with Crippen LogP contribution in [0.5, 0.6) is 0 Å². The minimum absolute atomic E-state index is 0.252. The first-order valence-corrected chi connectivity index (χ1v) is 7.35. The molecule has 1 saturated heterocycles. The molecular weight excluding hydrogens is 330 g/mol. The average molecular weight is 339 g/mol. The maximum atomic E-state index is 12.0. The molecule has 0 bridgehead atoms. The van der Waals surface area contributed by atoms with Gasteiger partial charge >= 0.3 is 0 Å². The van der Waals surface area contributed by atoms with Crippen LogP contribution in [0.2, 0.25) is 5.02 Å². The molecule has 1 aliphatic rings. The topological polar surface area (TPSA) is 54.5 Å². The fourth-order valence-corrected chi connectivity index (χ4v) is 3.76. The SMILES string of the molecule is CC1(C)C(=O)N(c2cccc(Cl)c2Br)S1(=O)=O. The lowest BCUT2D eigenvalue weighted by molar-refractivity contribution is -0.120. The summed E-state index contributed by atoms with van der Waals surface area (Å²) >= 11 is 9.05. The number of rotatable bonds is 1. The summed E-state index contributed by atoms with van der Waals surface area (Å²) in [6.45, 7) is 2.78. The summed E-state index contributed by atoms with van der Waals surface area (Å²) < 4.78 is 23.8. The van der Waals surface area contributed by atoms with Crippen LogP contribution in [0.1, 0.15) is 13.8 Å². The number of carbonyl (C=O) groups is 1. The minimum atomic E-state index is -3.65. The van der Waals surface area contributed by atoms with Gasteiger partial charge in [0, 0.05) is 0 Å². The predicted molar refractivity (Wildman–Crippen MR) is 69.6 cm³/mol. The number of hydrogen-bond donors (Lipinski definition) is 0. The zero-order valence-electron chi connectivity index (χ0n) is 9.07. The molecule has 0 radical (unpaired) electrons. The molecule has 0 N–H and O–H groups in total. The Morgan fingerprint density at radius 3 is 2.47 bits per heavy atom. The lowest BCUT2D eigenvalue weighted by atomic mass is 10.1. The van der Waals surface area contributed by atoms with Crippen molar-refractivity contribution in [1.29, 1.82) is 0 Å².